The summed E-state index contributed by atoms with van der Waals surface area (Å²) in [6.45, 7) is 0. The molecule has 1 aromatic carbocycles. The number of rotatable bonds is 4. The lowest BCUT2D eigenvalue weighted by Crippen LogP contribution is -2.17. The van der Waals surface area contributed by atoms with Crippen LogP contribution < -0.4 is 5.73 Å². The molecule has 0 spiro atoms. The van der Waals surface area contributed by atoms with Crippen molar-refractivity contribution in [2.75, 3.05) is 19.1 Å². The quantitative estimate of drug-likeness (QED) is 0.833. The molecule has 0 aliphatic heterocycles. The molecular formula is C16H14F3N3O2S. The third-order valence-corrected chi connectivity index (χ3v) is 4.11. The monoisotopic (exact) mass is 369 g/mol. The van der Waals surface area contributed by atoms with Crippen LogP contribution in [0.4, 0.5) is 18.9 Å². The Balaban J connectivity index is 2.91. The van der Waals surface area contributed by atoms with Crippen molar-refractivity contribution in [1.29, 1.82) is 5.26 Å². The number of nitriles is 1. The van der Waals surface area contributed by atoms with Crippen LogP contribution in [0.3, 0.4) is 0 Å². The second-order valence-electron chi connectivity index (χ2n) is 5.02. The molecule has 0 bridgehead atoms. The Morgan fingerprint density at radius 3 is 2.64 bits per heavy atom. The van der Waals surface area contributed by atoms with Crippen LogP contribution in [-0.2, 0) is 16.7 Å². The van der Waals surface area contributed by atoms with Crippen molar-refractivity contribution in [3.63, 3.8) is 0 Å². The van der Waals surface area contributed by atoms with Gasteiger partial charge in [0.2, 0.25) is 0 Å². The number of carbonyl (C=O) groups is 1. The van der Waals surface area contributed by atoms with Crippen molar-refractivity contribution in [3.05, 3.63) is 46.8 Å². The molecule has 0 aliphatic rings. The average molecular weight is 369 g/mol. The van der Waals surface area contributed by atoms with E-state index in [1.54, 1.807) is 12.3 Å². The van der Waals surface area contributed by atoms with Crippen molar-refractivity contribution in [3.8, 4) is 11.8 Å². The van der Waals surface area contributed by atoms with Gasteiger partial charge in [-0.3, -0.25) is 0 Å². The van der Waals surface area contributed by atoms with Crippen LogP contribution in [0.5, 0.6) is 0 Å². The number of benzene rings is 1. The minimum atomic E-state index is -4.65. The topological polar surface area (TPSA) is 81.0 Å². The molecule has 1 aromatic heterocycles. The number of halogens is 3. The molecule has 132 valence electrons. The van der Waals surface area contributed by atoms with Gasteiger partial charge < -0.3 is 15.0 Å². The lowest BCUT2D eigenvalue weighted by atomic mass is 10.1. The van der Waals surface area contributed by atoms with Crippen LogP contribution in [0, 0.1) is 11.3 Å². The van der Waals surface area contributed by atoms with Gasteiger partial charge in [-0.2, -0.15) is 30.2 Å². The van der Waals surface area contributed by atoms with Gasteiger partial charge >= 0.3 is 12.1 Å². The maximum absolute atomic E-state index is 13.5. The van der Waals surface area contributed by atoms with E-state index in [0.29, 0.717) is 5.56 Å². The van der Waals surface area contributed by atoms with Gasteiger partial charge in [-0.15, -0.1) is 0 Å². The number of methoxy groups -OCH3 is 1. The number of hydrogen-bond donors (Lipinski definition) is 1. The molecule has 2 rings (SSSR count). The van der Waals surface area contributed by atoms with E-state index >= 15 is 0 Å². The normalized spacial score (nSPS) is 11.2. The Labute approximate surface area is 146 Å². The van der Waals surface area contributed by atoms with Gasteiger partial charge in [0.05, 0.1) is 29.6 Å². The maximum atomic E-state index is 13.5. The number of nitrogens with zero attached hydrogens (tertiary/aromatic N) is 2. The maximum Gasteiger partial charge on any atom is 0.418 e. The highest BCUT2D eigenvalue weighted by Gasteiger charge is 2.36. The Morgan fingerprint density at radius 2 is 2.12 bits per heavy atom. The highest BCUT2D eigenvalue weighted by atomic mass is 32.2. The summed E-state index contributed by atoms with van der Waals surface area (Å²) in [4.78, 5) is 12.1. The van der Waals surface area contributed by atoms with Crippen LogP contribution >= 0.6 is 11.8 Å². The summed E-state index contributed by atoms with van der Waals surface area (Å²) in [7, 11) is 1.09. The number of nitrogens with two attached hydrogens (primary N) is 1. The summed E-state index contributed by atoms with van der Waals surface area (Å²) in [6.07, 6.45) is -1.78. The molecule has 0 unspecified atom stereocenters. The summed E-state index contributed by atoms with van der Waals surface area (Å²) in [5.41, 5.74) is 4.34. The highest BCUT2D eigenvalue weighted by Crippen LogP contribution is 2.38. The zero-order valence-corrected chi connectivity index (χ0v) is 14.2. The summed E-state index contributed by atoms with van der Waals surface area (Å²) in [5, 5.41) is 9.14. The Kier molecular flexibility index (Phi) is 5.33. The summed E-state index contributed by atoms with van der Waals surface area (Å²) in [5.74, 6) is -0.647. The molecule has 5 nitrogen and oxygen atoms in total. The summed E-state index contributed by atoms with van der Waals surface area (Å²) in [6, 6.07) is 5.52. The number of ether oxygens (including phenoxy) is 1. The number of alkyl halides is 3. The van der Waals surface area contributed by atoms with Gasteiger partial charge in [-0.05, 0) is 17.9 Å². The van der Waals surface area contributed by atoms with E-state index in [0.717, 1.165) is 23.9 Å². The van der Waals surface area contributed by atoms with Gasteiger partial charge in [0.15, 0.2) is 5.69 Å². The first-order valence-electron chi connectivity index (χ1n) is 6.93. The van der Waals surface area contributed by atoms with E-state index in [-0.39, 0.29) is 28.4 Å². The van der Waals surface area contributed by atoms with Gasteiger partial charge in [0, 0.05) is 11.9 Å². The third kappa shape index (κ3) is 3.44. The predicted octanol–water partition coefficient (Wildman–Crippen LogP) is 3.60. The van der Waals surface area contributed by atoms with E-state index in [1.165, 1.54) is 23.9 Å². The molecule has 0 saturated heterocycles. The Bertz CT molecular complexity index is 854. The van der Waals surface area contributed by atoms with E-state index < -0.39 is 17.7 Å². The fourth-order valence-corrected chi connectivity index (χ4v) is 3.01. The molecule has 0 atom stereocenters. The van der Waals surface area contributed by atoms with Crippen molar-refractivity contribution >= 4 is 23.4 Å². The minimum absolute atomic E-state index is 0.104. The molecule has 0 aliphatic carbocycles. The molecule has 0 radical (unpaired) electrons. The van der Waals surface area contributed by atoms with Gasteiger partial charge in [-0.1, -0.05) is 12.1 Å². The van der Waals surface area contributed by atoms with Crippen molar-refractivity contribution in [1.82, 2.24) is 4.57 Å². The van der Waals surface area contributed by atoms with Gasteiger partial charge in [-0.25, -0.2) is 4.79 Å². The number of carbonyl (C=O) groups excluding carboxylic acids is 1. The molecule has 25 heavy (non-hydrogen) atoms. The molecule has 0 saturated carbocycles. The summed E-state index contributed by atoms with van der Waals surface area (Å²) < 4.78 is 46.2. The molecule has 2 aromatic rings. The number of para-hydroxylation sites is 1. The molecular weight excluding hydrogens is 355 g/mol. The SMILES string of the molecule is COC(=O)c1c(N)c(C#N)cn1-c1c(CSC)cccc1C(F)(F)F. The van der Waals surface area contributed by atoms with Crippen molar-refractivity contribution in [2.45, 2.75) is 11.9 Å². The van der Waals surface area contributed by atoms with Crippen LogP contribution in [0.1, 0.15) is 27.2 Å². The predicted molar refractivity (Wildman–Crippen MR) is 88.5 cm³/mol. The van der Waals surface area contributed by atoms with E-state index in [2.05, 4.69) is 4.74 Å². The molecule has 1 heterocycles. The lowest BCUT2D eigenvalue weighted by Gasteiger charge is -2.19. The van der Waals surface area contributed by atoms with Crippen LogP contribution in [0.2, 0.25) is 0 Å². The summed E-state index contributed by atoms with van der Waals surface area (Å²) >= 11 is 1.33. The fraction of sp³-hybridized carbons (Fsp3) is 0.250. The average Bonchev–Trinajstić information content (AvgIpc) is 2.89. The van der Waals surface area contributed by atoms with E-state index in [9.17, 15) is 18.0 Å². The van der Waals surface area contributed by atoms with Crippen LogP contribution in [0.15, 0.2) is 24.4 Å². The van der Waals surface area contributed by atoms with Crippen molar-refractivity contribution < 1.29 is 22.7 Å². The number of aromatic nitrogens is 1. The van der Waals surface area contributed by atoms with Gasteiger partial charge in [0.1, 0.15) is 6.07 Å². The Hall–Kier alpha value is -2.60. The first-order valence-corrected chi connectivity index (χ1v) is 8.33. The number of esters is 1. The smallest absolute Gasteiger partial charge is 0.418 e. The highest BCUT2D eigenvalue weighted by molar-refractivity contribution is 7.97. The zero-order chi connectivity index (χ0) is 18.8. The third-order valence-electron chi connectivity index (χ3n) is 3.51. The largest absolute Gasteiger partial charge is 0.464 e. The number of nitrogen functional groups attached to an aromatic ring is 1. The molecule has 2 N–H and O–H groups in total. The number of hydrogen-bond acceptors (Lipinski definition) is 5. The molecule has 0 amide bonds. The Morgan fingerprint density at radius 1 is 1.44 bits per heavy atom. The van der Waals surface area contributed by atoms with E-state index in [4.69, 9.17) is 11.0 Å². The first-order chi connectivity index (χ1) is 11.8. The fourth-order valence-electron chi connectivity index (χ4n) is 2.47. The standard InChI is InChI=1S/C16H14F3N3O2S/c1-24-15(23)14-12(21)10(6-20)7-22(14)13-9(8-25-2)4-3-5-11(13)16(17,18)19/h3-5,7H,8,21H2,1-2H3. The van der Waals surface area contributed by atoms with E-state index in [1.807, 2.05) is 0 Å². The minimum Gasteiger partial charge on any atom is -0.464 e. The zero-order valence-electron chi connectivity index (χ0n) is 13.3. The van der Waals surface area contributed by atoms with Crippen LogP contribution in [0.25, 0.3) is 5.69 Å². The van der Waals surface area contributed by atoms with Crippen LogP contribution in [-0.4, -0.2) is 23.9 Å². The lowest BCUT2D eigenvalue weighted by molar-refractivity contribution is -0.137. The van der Waals surface area contributed by atoms with Gasteiger partial charge in [0.25, 0.3) is 0 Å². The molecule has 9 heteroatoms. The first kappa shape index (κ1) is 18.7. The second-order valence-corrected chi connectivity index (χ2v) is 5.89. The van der Waals surface area contributed by atoms with Crippen molar-refractivity contribution in [2.24, 2.45) is 0 Å². The number of anilines is 1. The molecule has 0 fully saturated rings. The second kappa shape index (κ2) is 7.11. The number of thioether (sulfide) groups is 1.